The molecule has 2 N–H and O–H groups in total. The molecule has 1 fully saturated rings. The first kappa shape index (κ1) is 16.1. The standard InChI is InChI=1S/C15H21F3N2O/c1-2-19-10-11-3-4-12(9-14(11)15(16,17)18)20-7-5-13(21)6-8-20/h3-4,9,13,19,21H,2,5-8,10H2,1H3. The summed E-state index contributed by atoms with van der Waals surface area (Å²) in [7, 11) is 0. The highest BCUT2D eigenvalue weighted by molar-refractivity contribution is 5.52. The summed E-state index contributed by atoms with van der Waals surface area (Å²) in [6, 6.07) is 4.51. The number of piperidine rings is 1. The van der Waals surface area contributed by atoms with Crippen molar-refractivity contribution < 1.29 is 18.3 Å². The fraction of sp³-hybridized carbons (Fsp3) is 0.600. The van der Waals surface area contributed by atoms with Gasteiger partial charge in [0.1, 0.15) is 0 Å². The van der Waals surface area contributed by atoms with E-state index in [-0.39, 0.29) is 18.2 Å². The van der Waals surface area contributed by atoms with Crippen LogP contribution in [0.5, 0.6) is 0 Å². The third-order valence-corrected chi connectivity index (χ3v) is 3.79. The van der Waals surface area contributed by atoms with Crippen molar-refractivity contribution in [3.8, 4) is 0 Å². The van der Waals surface area contributed by atoms with E-state index in [2.05, 4.69) is 5.32 Å². The molecule has 0 unspecified atom stereocenters. The number of halogens is 3. The van der Waals surface area contributed by atoms with Crippen LogP contribution in [0, 0.1) is 0 Å². The molecule has 2 rings (SSSR count). The van der Waals surface area contributed by atoms with Gasteiger partial charge in [-0.15, -0.1) is 0 Å². The molecule has 6 heteroatoms. The zero-order chi connectivity index (χ0) is 15.5. The van der Waals surface area contributed by atoms with Crippen LogP contribution in [0.3, 0.4) is 0 Å². The molecule has 1 heterocycles. The van der Waals surface area contributed by atoms with Crippen LogP contribution in [0.25, 0.3) is 0 Å². The van der Waals surface area contributed by atoms with Crippen LogP contribution in [0.4, 0.5) is 18.9 Å². The van der Waals surface area contributed by atoms with Crippen molar-refractivity contribution >= 4 is 5.69 Å². The highest BCUT2D eigenvalue weighted by Gasteiger charge is 2.34. The molecule has 3 nitrogen and oxygen atoms in total. The van der Waals surface area contributed by atoms with Crippen molar-refractivity contribution in [3.05, 3.63) is 29.3 Å². The van der Waals surface area contributed by atoms with Crippen molar-refractivity contribution in [2.24, 2.45) is 0 Å². The van der Waals surface area contributed by atoms with Gasteiger partial charge in [0.2, 0.25) is 0 Å². The van der Waals surface area contributed by atoms with Gasteiger partial charge in [-0.1, -0.05) is 13.0 Å². The first-order valence-corrected chi connectivity index (χ1v) is 7.25. The van der Waals surface area contributed by atoms with E-state index in [0.29, 0.717) is 38.2 Å². The molecule has 0 aromatic heterocycles. The number of aliphatic hydroxyl groups is 1. The van der Waals surface area contributed by atoms with Crippen LogP contribution in [0.1, 0.15) is 30.9 Å². The Morgan fingerprint density at radius 2 is 1.95 bits per heavy atom. The second kappa shape index (κ2) is 6.66. The lowest BCUT2D eigenvalue weighted by Crippen LogP contribution is -2.36. The maximum atomic E-state index is 13.2. The highest BCUT2D eigenvalue weighted by atomic mass is 19.4. The molecule has 0 aliphatic carbocycles. The molecule has 1 aliphatic rings. The maximum Gasteiger partial charge on any atom is 0.416 e. The van der Waals surface area contributed by atoms with Crippen LogP contribution < -0.4 is 10.2 Å². The molecule has 0 spiro atoms. The van der Waals surface area contributed by atoms with Gasteiger partial charge in [-0.05, 0) is 37.1 Å². The van der Waals surface area contributed by atoms with E-state index in [1.807, 2.05) is 11.8 Å². The first-order valence-electron chi connectivity index (χ1n) is 7.25. The summed E-state index contributed by atoms with van der Waals surface area (Å²) in [5, 5.41) is 12.4. The number of nitrogens with zero attached hydrogens (tertiary/aromatic N) is 1. The molecule has 0 saturated carbocycles. The number of hydrogen-bond acceptors (Lipinski definition) is 3. The summed E-state index contributed by atoms with van der Waals surface area (Å²) < 4.78 is 39.6. The first-order chi connectivity index (χ1) is 9.91. The number of rotatable bonds is 4. The Bertz CT molecular complexity index is 468. The van der Waals surface area contributed by atoms with E-state index in [4.69, 9.17) is 0 Å². The van der Waals surface area contributed by atoms with Gasteiger partial charge in [0, 0.05) is 25.3 Å². The van der Waals surface area contributed by atoms with E-state index < -0.39 is 11.7 Å². The van der Waals surface area contributed by atoms with E-state index >= 15 is 0 Å². The molecule has 0 atom stereocenters. The maximum absolute atomic E-state index is 13.2. The molecular weight excluding hydrogens is 281 g/mol. The number of anilines is 1. The predicted octanol–water partition coefficient (Wildman–Crippen LogP) is 2.78. The zero-order valence-electron chi connectivity index (χ0n) is 12.1. The van der Waals surface area contributed by atoms with Gasteiger partial charge in [0.25, 0.3) is 0 Å². The molecule has 1 aromatic carbocycles. The average molecular weight is 302 g/mol. The molecule has 118 valence electrons. The Hall–Kier alpha value is -1.27. The van der Waals surface area contributed by atoms with Crippen LogP contribution in [-0.4, -0.2) is 30.8 Å². The summed E-state index contributed by atoms with van der Waals surface area (Å²) in [5.41, 5.74) is 0.270. The zero-order valence-corrected chi connectivity index (χ0v) is 12.1. The number of nitrogens with one attached hydrogen (secondary N) is 1. The monoisotopic (exact) mass is 302 g/mol. The fourth-order valence-electron chi connectivity index (χ4n) is 2.56. The van der Waals surface area contributed by atoms with Crippen molar-refractivity contribution in [3.63, 3.8) is 0 Å². The molecule has 1 aromatic rings. The minimum absolute atomic E-state index is 0.213. The average Bonchev–Trinajstić information content (AvgIpc) is 2.45. The van der Waals surface area contributed by atoms with Crippen LogP contribution >= 0.6 is 0 Å². The number of hydrogen-bond donors (Lipinski definition) is 2. The molecule has 0 bridgehead atoms. The number of alkyl halides is 3. The minimum atomic E-state index is -4.35. The topological polar surface area (TPSA) is 35.5 Å². The van der Waals surface area contributed by atoms with Crippen LogP contribution in [-0.2, 0) is 12.7 Å². The molecule has 0 amide bonds. The van der Waals surface area contributed by atoms with E-state index in [0.717, 1.165) is 0 Å². The Morgan fingerprint density at radius 3 is 2.52 bits per heavy atom. The smallest absolute Gasteiger partial charge is 0.393 e. The SMILES string of the molecule is CCNCc1ccc(N2CCC(O)CC2)cc1C(F)(F)F. The third kappa shape index (κ3) is 4.11. The van der Waals surface area contributed by atoms with Gasteiger partial charge in [-0.3, -0.25) is 0 Å². The third-order valence-electron chi connectivity index (χ3n) is 3.79. The van der Waals surface area contributed by atoms with E-state index in [1.54, 1.807) is 12.1 Å². The lowest BCUT2D eigenvalue weighted by atomic mass is 10.0. The molecule has 1 aliphatic heterocycles. The quantitative estimate of drug-likeness (QED) is 0.898. The molecule has 0 radical (unpaired) electrons. The normalized spacial score (nSPS) is 17.3. The van der Waals surface area contributed by atoms with Crippen LogP contribution in [0.2, 0.25) is 0 Å². The van der Waals surface area contributed by atoms with Gasteiger partial charge in [0.05, 0.1) is 11.7 Å². The second-order valence-corrected chi connectivity index (χ2v) is 5.34. The Kier molecular flexibility index (Phi) is 5.11. The van der Waals surface area contributed by atoms with Gasteiger partial charge < -0.3 is 15.3 Å². The summed E-state index contributed by atoms with van der Waals surface area (Å²) in [6.07, 6.45) is -3.49. The van der Waals surface area contributed by atoms with Gasteiger partial charge in [0.15, 0.2) is 0 Å². The predicted molar refractivity (Wildman–Crippen MR) is 76.3 cm³/mol. The highest BCUT2D eigenvalue weighted by Crippen LogP contribution is 2.35. The Labute approximate surface area is 122 Å². The van der Waals surface area contributed by atoms with Gasteiger partial charge in [-0.25, -0.2) is 0 Å². The summed E-state index contributed by atoms with van der Waals surface area (Å²) >= 11 is 0. The van der Waals surface area contributed by atoms with Crippen molar-refractivity contribution in [1.29, 1.82) is 0 Å². The molecule has 1 saturated heterocycles. The van der Waals surface area contributed by atoms with Crippen molar-refractivity contribution in [2.75, 3.05) is 24.5 Å². The Balaban J connectivity index is 2.24. The summed E-state index contributed by atoms with van der Waals surface area (Å²) in [5.74, 6) is 0. The second-order valence-electron chi connectivity index (χ2n) is 5.34. The van der Waals surface area contributed by atoms with Gasteiger partial charge >= 0.3 is 6.18 Å². The fourth-order valence-corrected chi connectivity index (χ4v) is 2.56. The number of benzene rings is 1. The lowest BCUT2D eigenvalue weighted by Gasteiger charge is -2.32. The minimum Gasteiger partial charge on any atom is -0.393 e. The number of aliphatic hydroxyl groups excluding tert-OH is 1. The van der Waals surface area contributed by atoms with Gasteiger partial charge in [-0.2, -0.15) is 13.2 Å². The van der Waals surface area contributed by atoms with Crippen molar-refractivity contribution in [1.82, 2.24) is 5.32 Å². The van der Waals surface area contributed by atoms with Crippen molar-refractivity contribution in [2.45, 2.75) is 38.6 Å². The Morgan fingerprint density at radius 1 is 1.29 bits per heavy atom. The van der Waals surface area contributed by atoms with E-state index in [9.17, 15) is 18.3 Å². The molecular formula is C15H21F3N2O. The summed E-state index contributed by atoms with van der Waals surface area (Å²) in [4.78, 5) is 1.90. The largest absolute Gasteiger partial charge is 0.416 e. The summed E-state index contributed by atoms with van der Waals surface area (Å²) in [6.45, 7) is 3.88. The lowest BCUT2D eigenvalue weighted by molar-refractivity contribution is -0.138. The van der Waals surface area contributed by atoms with E-state index in [1.165, 1.54) is 6.07 Å². The van der Waals surface area contributed by atoms with Crippen LogP contribution in [0.15, 0.2) is 18.2 Å². The molecule has 21 heavy (non-hydrogen) atoms.